The fourth-order valence-corrected chi connectivity index (χ4v) is 1.53. The second kappa shape index (κ2) is 7.13. The number of anilines is 1. The number of carboxylic acids is 1. The molecular weight excluding hydrogens is 264 g/mol. The average Bonchev–Trinajstić information content (AvgIpc) is 2.36. The van der Waals surface area contributed by atoms with Crippen molar-refractivity contribution in [2.75, 3.05) is 12.4 Å². The van der Waals surface area contributed by atoms with Crippen LogP contribution < -0.4 is 15.4 Å². The molecule has 0 heterocycles. The Balaban J connectivity index is 2.52. The van der Waals surface area contributed by atoms with Gasteiger partial charge in [0.2, 0.25) is 5.91 Å². The molecule has 0 aromatic heterocycles. The molecule has 1 aromatic rings. The van der Waals surface area contributed by atoms with Gasteiger partial charge in [0.25, 0.3) is 0 Å². The molecule has 0 atom stereocenters. The van der Waals surface area contributed by atoms with Crippen LogP contribution in [0.5, 0.6) is 5.75 Å². The minimum atomic E-state index is -1.09. The summed E-state index contributed by atoms with van der Waals surface area (Å²) in [5, 5.41) is 12.9. The lowest BCUT2D eigenvalue weighted by molar-refractivity contribution is -0.138. The first-order valence-electron chi connectivity index (χ1n) is 5.89. The second-order valence-electron chi connectivity index (χ2n) is 4.08. The smallest absolute Gasteiger partial charge is 0.325 e. The number of nitrogens with one attached hydrogen (secondary N) is 2. The lowest BCUT2D eigenvalue weighted by atomic mass is 10.2. The topological polar surface area (TPSA) is 105 Å². The van der Waals surface area contributed by atoms with Gasteiger partial charge in [-0.25, -0.2) is 4.79 Å². The number of carboxylic acid groups (broad SMARTS) is 1. The van der Waals surface area contributed by atoms with Crippen molar-refractivity contribution >= 4 is 23.6 Å². The fraction of sp³-hybridized carbons (Fsp3) is 0.308. The zero-order chi connectivity index (χ0) is 15.1. The summed E-state index contributed by atoms with van der Waals surface area (Å²) in [5.74, 6) is -1.05. The Hall–Kier alpha value is -2.57. The van der Waals surface area contributed by atoms with Crippen molar-refractivity contribution in [2.24, 2.45) is 0 Å². The molecule has 7 heteroatoms. The van der Waals surface area contributed by atoms with Crippen molar-refractivity contribution in [3.8, 4) is 5.75 Å². The van der Waals surface area contributed by atoms with Crippen LogP contribution in [0.1, 0.15) is 18.4 Å². The third-order valence-corrected chi connectivity index (χ3v) is 2.47. The lowest BCUT2D eigenvalue weighted by Crippen LogP contribution is -2.34. The standard InChI is InChI=1S/C13H16N2O5/c1-8-7-9(3-4-10(8)20-2)14-13(19)15-11(16)5-6-12(17)18/h3-4,7H,5-6H2,1-2H3,(H,17,18)(H2,14,15,16,19). The summed E-state index contributed by atoms with van der Waals surface area (Å²) in [4.78, 5) is 33.1. The van der Waals surface area contributed by atoms with Crippen LogP contribution in [0.25, 0.3) is 0 Å². The number of ether oxygens (including phenoxy) is 1. The maximum atomic E-state index is 11.5. The minimum absolute atomic E-state index is 0.246. The van der Waals surface area contributed by atoms with Crippen molar-refractivity contribution in [1.82, 2.24) is 5.32 Å². The van der Waals surface area contributed by atoms with Crippen LogP contribution in [0, 0.1) is 6.92 Å². The number of carbonyl (C=O) groups excluding carboxylic acids is 2. The third-order valence-electron chi connectivity index (χ3n) is 2.47. The molecule has 7 nitrogen and oxygen atoms in total. The van der Waals surface area contributed by atoms with E-state index in [9.17, 15) is 14.4 Å². The van der Waals surface area contributed by atoms with Crippen molar-refractivity contribution in [3.63, 3.8) is 0 Å². The Kier molecular flexibility index (Phi) is 5.52. The molecule has 0 aliphatic heterocycles. The van der Waals surface area contributed by atoms with E-state index in [4.69, 9.17) is 9.84 Å². The van der Waals surface area contributed by atoms with Crippen molar-refractivity contribution in [3.05, 3.63) is 23.8 Å². The molecule has 108 valence electrons. The van der Waals surface area contributed by atoms with Crippen LogP contribution in [-0.2, 0) is 9.59 Å². The zero-order valence-electron chi connectivity index (χ0n) is 11.2. The number of carbonyl (C=O) groups is 3. The summed E-state index contributed by atoms with van der Waals surface area (Å²) in [6.45, 7) is 1.82. The van der Waals surface area contributed by atoms with Gasteiger partial charge in [-0.1, -0.05) is 0 Å². The number of rotatable bonds is 5. The minimum Gasteiger partial charge on any atom is -0.496 e. The second-order valence-corrected chi connectivity index (χ2v) is 4.08. The Morgan fingerprint density at radius 3 is 2.50 bits per heavy atom. The molecule has 0 fully saturated rings. The van der Waals surface area contributed by atoms with Gasteiger partial charge in [0.15, 0.2) is 0 Å². The molecule has 0 aliphatic rings. The van der Waals surface area contributed by atoms with Gasteiger partial charge in [-0.05, 0) is 30.7 Å². The zero-order valence-corrected chi connectivity index (χ0v) is 11.2. The normalized spacial score (nSPS) is 9.70. The first-order valence-corrected chi connectivity index (χ1v) is 5.89. The van der Waals surface area contributed by atoms with Crippen LogP contribution >= 0.6 is 0 Å². The van der Waals surface area contributed by atoms with E-state index in [1.54, 1.807) is 25.3 Å². The van der Waals surface area contributed by atoms with Crippen LogP contribution in [0.3, 0.4) is 0 Å². The average molecular weight is 280 g/mol. The van der Waals surface area contributed by atoms with Crippen molar-refractivity contribution in [1.29, 1.82) is 0 Å². The molecule has 0 aliphatic carbocycles. The Labute approximate surface area is 115 Å². The van der Waals surface area contributed by atoms with Gasteiger partial charge in [0, 0.05) is 12.1 Å². The van der Waals surface area contributed by atoms with E-state index in [-0.39, 0.29) is 12.8 Å². The van der Waals surface area contributed by atoms with Gasteiger partial charge < -0.3 is 15.2 Å². The molecule has 0 saturated heterocycles. The van der Waals surface area contributed by atoms with E-state index in [1.807, 2.05) is 12.2 Å². The quantitative estimate of drug-likeness (QED) is 0.758. The number of aryl methyl sites for hydroxylation is 1. The van der Waals surface area contributed by atoms with Crippen LogP contribution in [-0.4, -0.2) is 30.1 Å². The molecular formula is C13H16N2O5. The Morgan fingerprint density at radius 1 is 1.25 bits per heavy atom. The Bertz CT molecular complexity index is 527. The molecule has 0 bridgehead atoms. The summed E-state index contributed by atoms with van der Waals surface area (Å²) in [6.07, 6.45) is -0.564. The largest absolute Gasteiger partial charge is 0.496 e. The van der Waals surface area contributed by atoms with Gasteiger partial charge >= 0.3 is 12.0 Å². The van der Waals surface area contributed by atoms with Gasteiger partial charge in [-0.3, -0.25) is 14.9 Å². The molecule has 0 spiro atoms. The number of hydrogen-bond acceptors (Lipinski definition) is 4. The van der Waals surface area contributed by atoms with Crippen LogP contribution in [0.4, 0.5) is 10.5 Å². The summed E-state index contributed by atoms with van der Waals surface area (Å²) in [7, 11) is 1.54. The number of amides is 3. The number of aliphatic carboxylic acids is 1. The van der Waals surface area contributed by atoms with E-state index in [1.165, 1.54) is 0 Å². The number of methoxy groups -OCH3 is 1. The predicted molar refractivity (Wildman–Crippen MR) is 71.8 cm³/mol. The third kappa shape index (κ3) is 4.97. The highest BCUT2D eigenvalue weighted by molar-refractivity contribution is 6.01. The molecule has 0 radical (unpaired) electrons. The molecule has 1 rings (SSSR count). The monoisotopic (exact) mass is 280 g/mol. The van der Waals surface area contributed by atoms with E-state index >= 15 is 0 Å². The summed E-state index contributed by atoms with van der Waals surface area (Å²) in [5.41, 5.74) is 1.34. The number of hydrogen-bond donors (Lipinski definition) is 3. The molecule has 0 unspecified atom stereocenters. The molecule has 3 amide bonds. The van der Waals surface area contributed by atoms with E-state index in [0.717, 1.165) is 5.56 Å². The van der Waals surface area contributed by atoms with Crippen LogP contribution in [0.2, 0.25) is 0 Å². The molecule has 3 N–H and O–H groups in total. The first kappa shape index (κ1) is 15.5. The summed E-state index contributed by atoms with van der Waals surface area (Å²) in [6, 6.07) is 4.31. The summed E-state index contributed by atoms with van der Waals surface area (Å²) >= 11 is 0. The highest BCUT2D eigenvalue weighted by Crippen LogP contribution is 2.21. The van der Waals surface area contributed by atoms with Gasteiger partial charge in [0.1, 0.15) is 5.75 Å². The van der Waals surface area contributed by atoms with E-state index < -0.39 is 17.9 Å². The van der Waals surface area contributed by atoms with Gasteiger partial charge in [-0.15, -0.1) is 0 Å². The number of urea groups is 1. The molecule has 20 heavy (non-hydrogen) atoms. The highest BCUT2D eigenvalue weighted by Gasteiger charge is 2.10. The predicted octanol–water partition coefficient (Wildman–Crippen LogP) is 1.52. The van der Waals surface area contributed by atoms with Crippen molar-refractivity contribution < 1.29 is 24.2 Å². The maximum Gasteiger partial charge on any atom is 0.325 e. The molecule has 1 aromatic carbocycles. The van der Waals surface area contributed by atoms with E-state index in [0.29, 0.717) is 11.4 Å². The van der Waals surface area contributed by atoms with Gasteiger partial charge in [0.05, 0.1) is 13.5 Å². The highest BCUT2D eigenvalue weighted by atomic mass is 16.5. The summed E-state index contributed by atoms with van der Waals surface area (Å²) < 4.78 is 5.09. The first-order chi connectivity index (χ1) is 9.42. The van der Waals surface area contributed by atoms with E-state index in [2.05, 4.69) is 5.32 Å². The molecule has 0 saturated carbocycles. The Morgan fingerprint density at radius 2 is 1.95 bits per heavy atom. The maximum absolute atomic E-state index is 11.5. The van der Waals surface area contributed by atoms with Crippen molar-refractivity contribution in [2.45, 2.75) is 19.8 Å². The van der Waals surface area contributed by atoms with Crippen LogP contribution in [0.15, 0.2) is 18.2 Å². The lowest BCUT2D eigenvalue weighted by Gasteiger charge is -2.09. The fourth-order valence-electron chi connectivity index (χ4n) is 1.53. The SMILES string of the molecule is COc1ccc(NC(=O)NC(=O)CCC(=O)O)cc1C. The van der Waals surface area contributed by atoms with Gasteiger partial charge in [-0.2, -0.15) is 0 Å². The number of imide groups is 1. The number of benzene rings is 1.